The monoisotopic (exact) mass is 234 g/mol. The summed E-state index contributed by atoms with van der Waals surface area (Å²) in [7, 11) is -4.62. The fraction of sp³-hybridized carbons (Fsp3) is 0. The molecule has 0 aliphatic carbocycles. The quantitative estimate of drug-likeness (QED) is 0.720. The molecule has 0 radical (unpaired) electrons. The topological polar surface area (TPSA) is 66.8 Å². The Morgan fingerprint density at radius 2 is 1.67 bits per heavy atom. The summed E-state index contributed by atoms with van der Waals surface area (Å²) >= 11 is 14.9. The first-order valence-electron chi connectivity index (χ1n) is 1.54. The molecule has 0 spiro atoms. The van der Waals surface area contributed by atoms with E-state index in [1.54, 1.807) is 0 Å². The van der Waals surface area contributed by atoms with Gasteiger partial charge in [0.05, 0.1) is 0 Å². The molecule has 0 saturated heterocycles. The zero-order valence-electron chi connectivity index (χ0n) is 3.79. The molecule has 0 aliphatic heterocycles. The van der Waals surface area contributed by atoms with E-state index >= 15 is 0 Å². The van der Waals surface area contributed by atoms with Gasteiger partial charge in [0.2, 0.25) is 0 Å². The Balaban J connectivity index is 3.90. The summed E-state index contributed by atoms with van der Waals surface area (Å²) in [5.74, 6) is 0. The van der Waals surface area contributed by atoms with Gasteiger partial charge in [-0.3, -0.25) is 0 Å². The number of hydrogen-bond acceptors (Lipinski definition) is 2. The third-order valence-corrected chi connectivity index (χ3v) is 3.87. The van der Waals surface area contributed by atoms with Gasteiger partial charge in [-0.2, -0.15) is 0 Å². The van der Waals surface area contributed by atoms with Crippen molar-refractivity contribution in [2.24, 2.45) is 0 Å². The van der Waals surface area contributed by atoms with E-state index in [4.69, 9.17) is 43.5 Å². The van der Waals surface area contributed by atoms with Crippen molar-refractivity contribution in [3.63, 3.8) is 0 Å². The van der Waals surface area contributed by atoms with Gasteiger partial charge in [-0.1, -0.05) is 0 Å². The summed E-state index contributed by atoms with van der Waals surface area (Å²) in [6.07, 6.45) is 0. The Hall–Kier alpha value is 1.41. The number of hydrogen-bond donors (Lipinski definition) is 2. The van der Waals surface area contributed by atoms with Crippen molar-refractivity contribution in [3.8, 4) is 0 Å². The van der Waals surface area contributed by atoms with E-state index in [0.717, 1.165) is 0 Å². The molecule has 0 unspecified atom stereocenters. The second-order valence-electron chi connectivity index (χ2n) is 1.03. The van der Waals surface area contributed by atoms with Crippen LogP contribution in [0.4, 0.5) is 0 Å². The third kappa shape index (κ3) is 9.41. The van der Waals surface area contributed by atoms with Crippen molar-refractivity contribution in [1.82, 2.24) is 0 Å². The second-order valence-corrected chi connectivity index (χ2v) is 10.2. The molecule has 58 valence electrons. The minimum atomic E-state index is -4.62. The Kier molecular flexibility index (Phi) is 3.71. The summed E-state index contributed by atoms with van der Waals surface area (Å²) in [5, 5.41) is 0. The van der Waals surface area contributed by atoms with E-state index in [0.29, 0.717) is 0 Å². The fourth-order valence-corrected chi connectivity index (χ4v) is 3.64. The Labute approximate surface area is 66.1 Å². The van der Waals surface area contributed by atoms with Gasteiger partial charge in [-0.05, 0) is 0 Å². The van der Waals surface area contributed by atoms with Crippen molar-refractivity contribution < 1.29 is 18.7 Å². The van der Waals surface area contributed by atoms with Gasteiger partial charge in [0, 0.05) is 0 Å². The van der Waals surface area contributed by atoms with Crippen LogP contribution in [0.1, 0.15) is 0 Å². The van der Waals surface area contributed by atoms with Crippen LogP contribution >= 0.6 is 47.1 Å². The average molecular weight is 235 g/mol. The molecule has 2 N–H and O–H groups in total. The minimum absolute atomic E-state index is 3.64. The van der Waals surface area contributed by atoms with E-state index in [1.807, 2.05) is 0 Å². The van der Waals surface area contributed by atoms with Crippen LogP contribution in [0.3, 0.4) is 0 Å². The third-order valence-electron chi connectivity index (χ3n) is 0.222. The number of halogens is 3. The number of rotatable bonds is 2. The molecular weight excluding hydrogens is 232 g/mol. The first-order valence-corrected chi connectivity index (χ1v) is 8.01. The van der Waals surface area contributed by atoms with Gasteiger partial charge in [-0.15, -0.1) is 0 Å². The first kappa shape index (κ1) is 10.4. The molecule has 9 heavy (non-hydrogen) atoms. The zero-order chi connectivity index (χ0) is 7.71. The summed E-state index contributed by atoms with van der Waals surface area (Å²) in [5.41, 5.74) is -3.64. The molecule has 0 aromatic rings. The maximum absolute atomic E-state index is 9.90. The number of phosphoric acid groups is 1. The van der Waals surface area contributed by atoms with Gasteiger partial charge >= 0.3 is 65.8 Å². The van der Waals surface area contributed by atoms with Crippen molar-refractivity contribution in [1.29, 1.82) is 0 Å². The van der Waals surface area contributed by atoms with Crippen LogP contribution in [-0.2, 0) is 8.88 Å². The molecule has 0 bridgehead atoms. The molecule has 0 aromatic heterocycles. The van der Waals surface area contributed by atoms with Crippen LogP contribution in [-0.4, -0.2) is 9.79 Å². The Morgan fingerprint density at radius 3 is 1.67 bits per heavy atom. The SMILES string of the molecule is O=P(O)(O)O[PH](Cl)(Cl)Cl. The molecule has 0 fully saturated rings. The molecule has 9 heteroatoms. The Morgan fingerprint density at radius 1 is 1.33 bits per heavy atom. The molecule has 0 rings (SSSR count). The van der Waals surface area contributed by atoms with Crippen molar-refractivity contribution in [3.05, 3.63) is 0 Å². The van der Waals surface area contributed by atoms with Gasteiger partial charge in [0.1, 0.15) is 0 Å². The van der Waals surface area contributed by atoms with Crippen molar-refractivity contribution in [2.75, 3.05) is 0 Å². The van der Waals surface area contributed by atoms with Gasteiger partial charge in [0.25, 0.3) is 0 Å². The van der Waals surface area contributed by atoms with Crippen molar-refractivity contribution in [2.45, 2.75) is 0 Å². The molecule has 0 heterocycles. The summed E-state index contributed by atoms with van der Waals surface area (Å²) in [4.78, 5) is 16.0. The van der Waals surface area contributed by atoms with E-state index in [9.17, 15) is 4.57 Å². The summed E-state index contributed by atoms with van der Waals surface area (Å²) in [6.45, 7) is 0. The molecule has 0 aromatic carbocycles. The van der Waals surface area contributed by atoms with Gasteiger partial charge in [-0.25, -0.2) is 0 Å². The fourth-order valence-electron chi connectivity index (χ4n) is 0.135. The first-order chi connectivity index (χ1) is 3.71. The normalized spacial score (nSPS) is 15.7. The molecule has 0 atom stereocenters. The van der Waals surface area contributed by atoms with Crippen LogP contribution in [0.25, 0.3) is 0 Å². The van der Waals surface area contributed by atoms with E-state index in [2.05, 4.69) is 4.31 Å². The second kappa shape index (κ2) is 3.21. The molecule has 4 nitrogen and oxygen atoms in total. The maximum atomic E-state index is 9.90. The van der Waals surface area contributed by atoms with Crippen LogP contribution < -0.4 is 0 Å². The summed E-state index contributed by atoms with van der Waals surface area (Å²) in [6, 6.07) is 0. The van der Waals surface area contributed by atoms with Crippen LogP contribution in [0, 0.1) is 0 Å². The predicted octanol–water partition coefficient (Wildman–Crippen LogP) is 2.22. The zero-order valence-corrected chi connectivity index (χ0v) is 7.95. The average Bonchev–Trinajstić information content (AvgIpc) is 1.14. The predicted molar refractivity (Wildman–Crippen MR) is 39.0 cm³/mol. The van der Waals surface area contributed by atoms with Crippen LogP contribution in [0.2, 0.25) is 0 Å². The molecule has 0 amide bonds. The van der Waals surface area contributed by atoms with E-state index in [1.165, 1.54) is 0 Å². The molecule has 0 saturated carbocycles. The van der Waals surface area contributed by atoms with Gasteiger partial charge < -0.3 is 0 Å². The summed E-state index contributed by atoms with van der Waals surface area (Å²) < 4.78 is 13.6. The van der Waals surface area contributed by atoms with Crippen LogP contribution in [0.5, 0.6) is 0 Å². The van der Waals surface area contributed by atoms with Gasteiger partial charge in [0.15, 0.2) is 0 Å². The molecular formula is H3Cl3O4P2. The van der Waals surface area contributed by atoms with Crippen molar-refractivity contribution >= 4 is 47.1 Å². The van der Waals surface area contributed by atoms with E-state index in [-0.39, 0.29) is 0 Å². The molecule has 0 aliphatic rings. The Bertz CT molecular complexity index is 131. The standard InChI is InChI=1S/Cl3H3O4P2/c1-8(2,3)7-9(4,5)6/h8H,(H2,4,5,6). The van der Waals surface area contributed by atoms with Crippen LogP contribution in [0.15, 0.2) is 0 Å². The van der Waals surface area contributed by atoms with E-state index < -0.39 is 13.4 Å².